The molecule has 4 rings (SSSR count). The van der Waals surface area contributed by atoms with Crippen LogP contribution in [0.25, 0.3) is 0 Å². The number of nitrogens with zero attached hydrogens (tertiary/aromatic N) is 3. The van der Waals surface area contributed by atoms with Gasteiger partial charge in [-0.1, -0.05) is 0 Å². The Morgan fingerprint density at radius 3 is 2.19 bits per heavy atom. The molecule has 1 amide bonds. The van der Waals surface area contributed by atoms with Crippen molar-refractivity contribution in [1.29, 1.82) is 0 Å². The van der Waals surface area contributed by atoms with E-state index >= 15 is 0 Å². The normalized spacial score (nSPS) is 17.8. The summed E-state index contributed by atoms with van der Waals surface area (Å²) in [4.78, 5) is 29.9. The molecule has 2 aromatic rings. The van der Waals surface area contributed by atoms with E-state index < -0.39 is 17.5 Å². The Hall–Kier alpha value is -2.80. The quantitative estimate of drug-likeness (QED) is 0.791. The van der Waals surface area contributed by atoms with Crippen LogP contribution in [0.15, 0.2) is 42.5 Å². The summed E-state index contributed by atoms with van der Waals surface area (Å²) >= 11 is 0. The number of ketones is 1. The zero-order valence-corrected chi connectivity index (χ0v) is 14.0. The minimum Gasteiger partial charge on any atom is -0.369 e. The van der Waals surface area contributed by atoms with Gasteiger partial charge in [-0.3, -0.25) is 19.4 Å². The molecule has 5 nitrogen and oxygen atoms in total. The van der Waals surface area contributed by atoms with Gasteiger partial charge in [-0.15, -0.1) is 0 Å². The van der Waals surface area contributed by atoms with Crippen molar-refractivity contribution in [3.8, 4) is 0 Å². The second-order valence-electron chi connectivity index (χ2n) is 6.45. The van der Waals surface area contributed by atoms with Gasteiger partial charge in [0.2, 0.25) is 0 Å². The molecule has 7 heteroatoms. The maximum absolute atomic E-state index is 13.4. The Balaban J connectivity index is 1.43. The third kappa shape index (κ3) is 2.94. The number of carbonyl (C=O) groups excluding carboxylic acids is 2. The second kappa shape index (κ2) is 6.49. The third-order valence-corrected chi connectivity index (χ3v) is 4.84. The lowest BCUT2D eigenvalue weighted by molar-refractivity contribution is -0.114. The van der Waals surface area contributed by atoms with Gasteiger partial charge < -0.3 is 4.90 Å². The summed E-state index contributed by atoms with van der Waals surface area (Å²) in [6.45, 7) is 3.16. The Kier molecular flexibility index (Phi) is 4.16. The van der Waals surface area contributed by atoms with Gasteiger partial charge in [-0.25, -0.2) is 8.78 Å². The van der Waals surface area contributed by atoms with Crippen LogP contribution < -0.4 is 9.80 Å². The smallest absolute Gasteiger partial charge is 0.300 e. The number of fused-ring (bicyclic) bond motifs is 1. The van der Waals surface area contributed by atoms with Crippen LogP contribution in [0, 0.1) is 11.6 Å². The van der Waals surface area contributed by atoms with Crippen molar-refractivity contribution in [3.63, 3.8) is 0 Å². The van der Waals surface area contributed by atoms with Crippen LogP contribution in [0.2, 0.25) is 0 Å². The fraction of sp³-hybridized carbons (Fsp3) is 0.263. The highest BCUT2D eigenvalue weighted by Gasteiger charge is 2.37. The Bertz CT molecular complexity index is 862. The molecule has 0 aliphatic carbocycles. The van der Waals surface area contributed by atoms with E-state index in [-0.39, 0.29) is 11.4 Å². The molecule has 26 heavy (non-hydrogen) atoms. The second-order valence-corrected chi connectivity index (χ2v) is 6.45. The van der Waals surface area contributed by atoms with Gasteiger partial charge in [-0.05, 0) is 42.5 Å². The van der Waals surface area contributed by atoms with Crippen molar-refractivity contribution >= 4 is 23.1 Å². The molecular weight excluding hydrogens is 340 g/mol. The fourth-order valence-corrected chi connectivity index (χ4v) is 3.41. The Morgan fingerprint density at radius 2 is 1.50 bits per heavy atom. The minimum atomic E-state index is -0.663. The van der Waals surface area contributed by atoms with Crippen molar-refractivity contribution in [1.82, 2.24) is 4.90 Å². The van der Waals surface area contributed by atoms with Gasteiger partial charge in [-0.2, -0.15) is 0 Å². The lowest BCUT2D eigenvalue weighted by Crippen LogP contribution is -2.51. The van der Waals surface area contributed by atoms with E-state index in [2.05, 4.69) is 9.80 Å². The molecule has 134 valence electrons. The number of Topliss-reactive ketones (excluding diaryl/α,β-unsaturated/α-hetero) is 1. The number of hydrogen-bond acceptors (Lipinski definition) is 4. The predicted octanol–water partition coefficient (Wildman–Crippen LogP) is 2.27. The largest absolute Gasteiger partial charge is 0.369 e. The first-order valence-corrected chi connectivity index (χ1v) is 8.41. The number of amides is 1. The van der Waals surface area contributed by atoms with Gasteiger partial charge in [0, 0.05) is 31.9 Å². The summed E-state index contributed by atoms with van der Waals surface area (Å²) in [6.07, 6.45) is 0. The van der Waals surface area contributed by atoms with Gasteiger partial charge in [0.05, 0.1) is 17.9 Å². The van der Waals surface area contributed by atoms with E-state index in [1.165, 1.54) is 29.2 Å². The molecule has 0 aromatic heterocycles. The van der Waals surface area contributed by atoms with Crippen molar-refractivity contribution in [3.05, 3.63) is 59.7 Å². The van der Waals surface area contributed by atoms with Crippen LogP contribution in [0.1, 0.15) is 10.4 Å². The summed E-state index contributed by atoms with van der Waals surface area (Å²) in [6, 6.07) is 10.2. The summed E-state index contributed by atoms with van der Waals surface area (Å²) in [5, 5.41) is 0. The zero-order valence-electron chi connectivity index (χ0n) is 14.0. The molecule has 0 unspecified atom stereocenters. The van der Waals surface area contributed by atoms with Crippen molar-refractivity contribution in [2.45, 2.75) is 0 Å². The van der Waals surface area contributed by atoms with Crippen LogP contribution in [-0.2, 0) is 4.79 Å². The van der Waals surface area contributed by atoms with Crippen LogP contribution >= 0.6 is 0 Å². The number of piperazine rings is 1. The van der Waals surface area contributed by atoms with E-state index in [1.807, 2.05) is 0 Å². The van der Waals surface area contributed by atoms with Crippen molar-refractivity contribution < 1.29 is 18.4 Å². The van der Waals surface area contributed by atoms with Gasteiger partial charge in [0.1, 0.15) is 11.6 Å². The SMILES string of the molecule is O=C1C(=O)N(CN2CCN(c3ccc(F)cc3)CC2)c2ccc(F)cc21. The number of halogens is 2. The number of hydrogen-bond donors (Lipinski definition) is 0. The number of anilines is 2. The van der Waals surface area contributed by atoms with Crippen LogP contribution in [0.5, 0.6) is 0 Å². The summed E-state index contributed by atoms with van der Waals surface area (Å²) in [5.74, 6) is -2.07. The van der Waals surface area contributed by atoms with E-state index in [9.17, 15) is 18.4 Å². The molecule has 0 spiro atoms. The van der Waals surface area contributed by atoms with Gasteiger partial charge in [0.25, 0.3) is 5.78 Å². The maximum Gasteiger partial charge on any atom is 0.300 e. The molecule has 0 bridgehead atoms. The zero-order chi connectivity index (χ0) is 18.3. The molecule has 0 atom stereocenters. The van der Waals surface area contributed by atoms with E-state index in [4.69, 9.17) is 0 Å². The lowest BCUT2D eigenvalue weighted by atomic mass is 10.1. The molecule has 2 aliphatic rings. The first-order chi connectivity index (χ1) is 12.5. The third-order valence-electron chi connectivity index (χ3n) is 4.84. The fourth-order valence-electron chi connectivity index (χ4n) is 3.41. The topological polar surface area (TPSA) is 43.9 Å². The van der Waals surface area contributed by atoms with Gasteiger partial charge in [0.15, 0.2) is 0 Å². The highest BCUT2D eigenvalue weighted by atomic mass is 19.1. The molecule has 2 heterocycles. The molecule has 0 radical (unpaired) electrons. The predicted molar refractivity (Wildman–Crippen MR) is 93.3 cm³/mol. The van der Waals surface area contributed by atoms with Gasteiger partial charge >= 0.3 is 5.91 Å². The molecule has 1 saturated heterocycles. The molecule has 2 aromatic carbocycles. The van der Waals surface area contributed by atoms with E-state index in [0.29, 0.717) is 25.4 Å². The maximum atomic E-state index is 13.4. The first-order valence-electron chi connectivity index (χ1n) is 8.41. The Morgan fingerprint density at radius 1 is 0.846 bits per heavy atom. The first kappa shape index (κ1) is 16.7. The monoisotopic (exact) mass is 357 g/mol. The lowest BCUT2D eigenvalue weighted by Gasteiger charge is -2.37. The molecule has 1 fully saturated rings. The van der Waals surface area contributed by atoms with Crippen LogP contribution in [0.4, 0.5) is 20.2 Å². The summed E-state index contributed by atoms with van der Waals surface area (Å²) < 4.78 is 26.4. The standard InChI is InChI=1S/C19H17F2N3O2/c20-13-1-4-15(5-2-13)23-9-7-22(8-10-23)12-24-17-6-3-14(21)11-16(17)18(25)19(24)26/h1-6,11H,7-10,12H2. The van der Waals surface area contributed by atoms with Crippen molar-refractivity contribution in [2.75, 3.05) is 42.6 Å². The van der Waals surface area contributed by atoms with Crippen molar-refractivity contribution in [2.24, 2.45) is 0 Å². The molecule has 2 aliphatic heterocycles. The number of benzene rings is 2. The minimum absolute atomic E-state index is 0.125. The Labute approximate surface area is 149 Å². The summed E-state index contributed by atoms with van der Waals surface area (Å²) in [5.41, 5.74) is 1.54. The van der Waals surface area contributed by atoms with E-state index in [0.717, 1.165) is 24.8 Å². The van der Waals surface area contributed by atoms with Crippen LogP contribution in [0.3, 0.4) is 0 Å². The summed E-state index contributed by atoms with van der Waals surface area (Å²) in [7, 11) is 0. The molecule has 0 saturated carbocycles. The van der Waals surface area contributed by atoms with E-state index in [1.54, 1.807) is 12.1 Å². The molecular formula is C19H17F2N3O2. The highest BCUT2D eigenvalue weighted by molar-refractivity contribution is 6.52. The average molecular weight is 357 g/mol. The van der Waals surface area contributed by atoms with Crippen LogP contribution in [-0.4, -0.2) is 49.4 Å². The molecule has 0 N–H and O–H groups in total. The average Bonchev–Trinajstić information content (AvgIpc) is 2.88. The highest BCUT2D eigenvalue weighted by Crippen LogP contribution is 2.30. The number of carbonyl (C=O) groups is 2. The number of rotatable bonds is 3.